The number of nitrogens with zero attached hydrogens (tertiary/aromatic N) is 1. The summed E-state index contributed by atoms with van der Waals surface area (Å²) in [4.78, 5) is 13.5. The van der Waals surface area contributed by atoms with E-state index in [4.69, 9.17) is 4.74 Å². The fraction of sp³-hybridized carbons (Fsp3) is 0.364. The summed E-state index contributed by atoms with van der Waals surface area (Å²) in [7, 11) is 1.26. The Bertz CT molecular complexity index is 451. The molecule has 0 aliphatic rings. The highest BCUT2D eigenvalue weighted by Crippen LogP contribution is 2.35. The number of benzene rings is 1. The van der Waals surface area contributed by atoms with Crippen LogP contribution in [0.4, 0.5) is 13.2 Å². The van der Waals surface area contributed by atoms with Gasteiger partial charge in [0.2, 0.25) is 6.08 Å². The number of ether oxygens (including phenoxy) is 1. The fourth-order valence-corrected chi connectivity index (χ4v) is 1.38. The Morgan fingerprint density at radius 1 is 1.41 bits per heavy atom. The van der Waals surface area contributed by atoms with Gasteiger partial charge in [0.25, 0.3) is 0 Å². The molecular formula is C11H10F3NO2. The van der Waals surface area contributed by atoms with E-state index >= 15 is 0 Å². The first-order chi connectivity index (χ1) is 7.90. The molecule has 0 saturated carbocycles. The Hall–Kier alpha value is -1.81. The first kappa shape index (κ1) is 13.3. The summed E-state index contributed by atoms with van der Waals surface area (Å²) in [6.07, 6.45) is -3.07. The highest BCUT2D eigenvalue weighted by Gasteiger charge is 2.31. The molecule has 0 aliphatic carbocycles. The zero-order valence-electron chi connectivity index (χ0n) is 9.21. The molecule has 0 aromatic heterocycles. The molecular weight excluding hydrogens is 235 g/mol. The lowest BCUT2D eigenvalue weighted by Crippen LogP contribution is -2.06. The Kier molecular flexibility index (Phi) is 3.91. The molecule has 1 aromatic rings. The van der Waals surface area contributed by atoms with Crippen molar-refractivity contribution in [2.45, 2.75) is 19.1 Å². The topological polar surface area (TPSA) is 38.7 Å². The average Bonchev–Trinajstić information content (AvgIpc) is 2.27. The van der Waals surface area contributed by atoms with E-state index in [2.05, 4.69) is 4.99 Å². The van der Waals surface area contributed by atoms with Gasteiger partial charge in [0.05, 0.1) is 18.7 Å². The van der Waals surface area contributed by atoms with Crippen LogP contribution in [0.2, 0.25) is 0 Å². The van der Waals surface area contributed by atoms with Gasteiger partial charge in [-0.15, -0.1) is 0 Å². The van der Waals surface area contributed by atoms with Gasteiger partial charge in [-0.1, -0.05) is 6.07 Å². The number of halogens is 3. The van der Waals surface area contributed by atoms with E-state index in [1.165, 1.54) is 19.3 Å². The van der Waals surface area contributed by atoms with Crippen LogP contribution in [-0.2, 0) is 11.0 Å². The first-order valence-electron chi connectivity index (χ1n) is 4.72. The lowest BCUT2D eigenvalue weighted by atomic mass is 10.0. The monoisotopic (exact) mass is 245 g/mol. The summed E-state index contributed by atoms with van der Waals surface area (Å²) in [5.74, 6) is 0.0475. The predicted molar refractivity (Wildman–Crippen MR) is 54.5 cm³/mol. The molecule has 0 spiro atoms. The van der Waals surface area contributed by atoms with Crippen molar-refractivity contribution in [3.63, 3.8) is 0 Å². The highest BCUT2D eigenvalue weighted by molar-refractivity contribution is 5.43. The maximum Gasteiger partial charge on any atom is 0.416 e. The maximum absolute atomic E-state index is 12.4. The Labute approximate surface area is 95.9 Å². The number of carbonyl (C=O) groups excluding carboxylic acids is 1. The van der Waals surface area contributed by atoms with Gasteiger partial charge in [-0.05, 0) is 19.1 Å². The third kappa shape index (κ3) is 3.07. The standard InChI is InChI=1S/C11H10F3NO2/c1-7(15-6-16)9-4-3-8(11(12,13)14)5-10(9)17-2/h3-5,7H,1-2H3. The second-order valence-electron chi connectivity index (χ2n) is 3.35. The van der Waals surface area contributed by atoms with Crippen LogP contribution in [0.3, 0.4) is 0 Å². The summed E-state index contributed by atoms with van der Waals surface area (Å²) in [6.45, 7) is 1.57. The molecule has 0 N–H and O–H groups in total. The second-order valence-corrected chi connectivity index (χ2v) is 3.35. The number of hydrogen-bond acceptors (Lipinski definition) is 3. The van der Waals surface area contributed by atoms with Gasteiger partial charge in [0.1, 0.15) is 5.75 Å². The van der Waals surface area contributed by atoms with Crippen LogP contribution < -0.4 is 4.74 Å². The van der Waals surface area contributed by atoms with Gasteiger partial charge in [-0.25, -0.2) is 4.79 Å². The van der Waals surface area contributed by atoms with Gasteiger partial charge in [0, 0.05) is 5.56 Å². The molecule has 0 fully saturated rings. The summed E-state index contributed by atoms with van der Waals surface area (Å²) in [5, 5.41) is 0. The van der Waals surface area contributed by atoms with Crippen molar-refractivity contribution in [1.29, 1.82) is 0 Å². The largest absolute Gasteiger partial charge is 0.496 e. The lowest BCUT2D eigenvalue weighted by molar-refractivity contribution is -0.137. The Morgan fingerprint density at radius 2 is 2.06 bits per heavy atom. The number of aliphatic imine (C=N–C) groups is 1. The summed E-state index contributed by atoms with van der Waals surface area (Å²) >= 11 is 0. The zero-order valence-corrected chi connectivity index (χ0v) is 9.21. The van der Waals surface area contributed by atoms with Crippen LogP contribution in [-0.4, -0.2) is 13.2 Å². The molecule has 1 rings (SSSR count). The molecule has 0 heterocycles. The molecule has 0 radical (unpaired) electrons. The minimum Gasteiger partial charge on any atom is -0.496 e. The van der Waals surface area contributed by atoms with Gasteiger partial charge in [0.15, 0.2) is 0 Å². The highest BCUT2D eigenvalue weighted by atomic mass is 19.4. The molecule has 1 unspecified atom stereocenters. The molecule has 17 heavy (non-hydrogen) atoms. The number of methoxy groups -OCH3 is 1. The Balaban J connectivity index is 3.23. The van der Waals surface area contributed by atoms with E-state index in [1.807, 2.05) is 0 Å². The van der Waals surface area contributed by atoms with Crippen molar-refractivity contribution in [3.05, 3.63) is 29.3 Å². The van der Waals surface area contributed by atoms with Crippen LogP contribution in [0.5, 0.6) is 5.75 Å². The van der Waals surface area contributed by atoms with Crippen molar-refractivity contribution >= 4 is 6.08 Å². The molecule has 0 amide bonds. The second kappa shape index (κ2) is 5.01. The first-order valence-corrected chi connectivity index (χ1v) is 4.72. The molecule has 3 nitrogen and oxygen atoms in total. The molecule has 0 bridgehead atoms. The number of hydrogen-bond donors (Lipinski definition) is 0. The van der Waals surface area contributed by atoms with E-state index < -0.39 is 17.8 Å². The molecule has 1 aromatic carbocycles. The SMILES string of the molecule is COc1cc(C(F)(F)F)ccc1C(C)N=C=O. The number of isocyanates is 1. The average molecular weight is 245 g/mol. The quantitative estimate of drug-likeness (QED) is 0.606. The van der Waals surface area contributed by atoms with E-state index in [0.717, 1.165) is 12.1 Å². The van der Waals surface area contributed by atoms with E-state index in [1.54, 1.807) is 6.92 Å². The Morgan fingerprint density at radius 3 is 2.53 bits per heavy atom. The molecule has 1 atom stereocenters. The smallest absolute Gasteiger partial charge is 0.416 e. The van der Waals surface area contributed by atoms with Gasteiger partial charge in [-0.2, -0.15) is 18.2 Å². The molecule has 92 valence electrons. The van der Waals surface area contributed by atoms with E-state index in [9.17, 15) is 18.0 Å². The fourth-order valence-electron chi connectivity index (χ4n) is 1.38. The zero-order chi connectivity index (χ0) is 13.1. The van der Waals surface area contributed by atoms with Crippen LogP contribution in [0.1, 0.15) is 24.1 Å². The van der Waals surface area contributed by atoms with Gasteiger partial charge < -0.3 is 4.74 Å². The minimum atomic E-state index is -4.43. The van der Waals surface area contributed by atoms with Crippen molar-refractivity contribution in [1.82, 2.24) is 0 Å². The molecule has 0 aliphatic heterocycles. The number of alkyl halides is 3. The number of rotatable bonds is 3. The third-order valence-corrected chi connectivity index (χ3v) is 2.26. The van der Waals surface area contributed by atoms with Crippen molar-refractivity contribution in [2.75, 3.05) is 7.11 Å². The van der Waals surface area contributed by atoms with Gasteiger partial charge in [-0.3, -0.25) is 0 Å². The summed E-state index contributed by atoms with van der Waals surface area (Å²) in [6, 6.07) is 2.46. The van der Waals surface area contributed by atoms with Crippen LogP contribution in [0.15, 0.2) is 23.2 Å². The van der Waals surface area contributed by atoms with E-state index in [0.29, 0.717) is 5.56 Å². The van der Waals surface area contributed by atoms with Crippen molar-refractivity contribution < 1.29 is 22.7 Å². The van der Waals surface area contributed by atoms with Crippen LogP contribution in [0.25, 0.3) is 0 Å². The van der Waals surface area contributed by atoms with Crippen LogP contribution in [0, 0.1) is 0 Å². The minimum absolute atomic E-state index is 0.0475. The third-order valence-electron chi connectivity index (χ3n) is 2.26. The predicted octanol–water partition coefficient (Wildman–Crippen LogP) is 3.11. The van der Waals surface area contributed by atoms with E-state index in [-0.39, 0.29) is 5.75 Å². The van der Waals surface area contributed by atoms with Crippen molar-refractivity contribution in [3.8, 4) is 5.75 Å². The van der Waals surface area contributed by atoms with Crippen LogP contribution >= 0.6 is 0 Å². The molecule has 0 saturated heterocycles. The molecule has 6 heteroatoms. The summed E-state index contributed by atoms with van der Waals surface area (Å²) in [5.41, 5.74) is -0.399. The normalized spacial score (nSPS) is 12.8. The summed E-state index contributed by atoms with van der Waals surface area (Å²) < 4.78 is 42.2. The maximum atomic E-state index is 12.4. The van der Waals surface area contributed by atoms with Gasteiger partial charge >= 0.3 is 6.18 Å². The van der Waals surface area contributed by atoms with Crippen molar-refractivity contribution in [2.24, 2.45) is 4.99 Å². The lowest BCUT2D eigenvalue weighted by Gasteiger charge is -2.14.